The molecule has 19 heteroatoms. The highest BCUT2D eigenvalue weighted by atomic mass is 35.5. The van der Waals surface area contributed by atoms with Crippen LogP contribution >= 0.6 is 12.4 Å². The van der Waals surface area contributed by atoms with Crippen LogP contribution in [0.5, 0.6) is 0 Å². The van der Waals surface area contributed by atoms with Crippen molar-refractivity contribution < 1.29 is 14.4 Å². The number of nitrogens with two attached hydrogens (primary N) is 3. The van der Waals surface area contributed by atoms with Crippen molar-refractivity contribution in [2.24, 2.45) is 17.2 Å². The molecule has 2 aliphatic carbocycles. The second-order valence-corrected chi connectivity index (χ2v) is 23.1. The molecule has 4 aliphatic heterocycles. The number of anilines is 7. The number of likely N-dealkylation sites (tertiary alicyclic amines) is 2. The Morgan fingerprint density at radius 2 is 0.975 bits per heavy atom. The number of piperidine rings is 4. The van der Waals surface area contributed by atoms with Crippen molar-refractivity contribution in [2.75, 3.05) is 91.8 Å². The van der Waals surface area contributed by atoms with Crippen LogP contribution in [0.4, 0.5) is 40.3 Å². The number of amides is 3. The molecule has 80 heavy (non-hydrogen) atoms. The zero-order chi connectivity index (χ0) is 54.8. The smallest absolute Gasteiger partial charge is 0.271 e. The molecule has 0 radical (unpaired) electrons. The van der Waals surface area contributed by atoms with Gasteiger partial charge >= 0.3 is 0 Å². The van der Waals surface area contributed by atoms with Gasteiger partial charge in [-0.3, -0.25) is 14.4 Å². The molecular formula is C61H84ClN15O3. The van der Waals surface area contributed by atoms with Crippen molar-refractivity contribution >= 4 is 70.5 Å². The average Bonchev–Trinajstić information content (AvgIpc) is 4.23. The number of aromatic nitrogens is 4. The zero-order valence-corrected chi connectivity index (χ0v) is 47.7. The molecule has 2 atom stereocenters. The summed E-state index contributed by atoms with van der Waals surface area (Å²) in [6, 6.07) is 26.3. The van der Waals surface area contributed by atoms with Crippen LogP contribution in [0.3, 0.4) is 0 Å². The second-order valence-electron chi connectivity index (χ2n) is 23.1. The van der Waals surface area contributed by atoms with Crippen molar-refractivity contribution in [1.29, 1.82) is 0 Å². The lowest BCUT2D eigenvalue weighted by atomic mass is 9.88. The van der Waals surface area contributed by atoms with E-state index >= 15 is 0 Å². The minimum Gasteiger partial charge on any atom is -0.378 e. The van der Waals surface area contributed by atoms with E-state index in [0.29, 0.717) is 47.2 Å². The maximum Gasteiger partial charge on any atom is 0.271 e. The number of carbonyl (C=O) groups is 3. The fraction of sp³-hybridized carbons (Fsp3) is 0.525. The molecule has 0 bridgehead atoms. The number of nitrogens with zero attached hydrogens (tertiary/aromatic N) is 9. The first-order valence-corrected chi connectivity index (χ1v) is 29.3. The van der Waals surface area contributed by atoms with Gasteiger partial charge in [0.25, 0.3) is 17.7 Å². The molecule has 3 amide bonds. The molecule has 2 saturated carbocycles. The summed E-state index contributed by atoms with van der Waals surface area (Å²) in [7, 11) is 3.95. The summed E-state index contributed by atoms with van der Waals surface area (Å²) < 4.78 is 0. The molecule has 9 N–H and O–H groups in total. The van der Waals surface area contributed by atoms with E-state index in [4.69, 9.17) is 27.2 Å². The third-order valence-electron chi connectivity index (χ3n) is 17.5. The van der Waals surface area contributed by atoms with Crippen LogP contribution in [-0.2, 0) is 0 Å². The second kappa shape index (κ2) is 27.2. The molecule has 11 rings (SSSR count). The molecule has 6 aliphatic rings. The predicted molar refractivity (Wildman–Crippen MR) is 322 cm³/mol. The lowest BCUT2D eigenvalue weighted by Crippen LogP contribution is -2.48. The molecular weight excluding hydrogens is 1030 g/mol. The molecule has 5 aromatic rings. The summed E-state index contributed by atoms with van der Waals surface area (Å²) >= 11 is 0. The number of carbonyl (C=O) groups excluding carboxylic acids is 3. The van der Waals surface area contributed by atoms with Gasteiger partial charge in [-0.15, -0.1) is 12.4 Å². The maximum atomic E-state index is 13.0. The number of hydrogen-bond donors (Lipinski definition) is 6. The summed E-state index contributed by atoms with van der Waals surface area (Å²) in [6.07, 6.45) is 22.9. The number of benzene rings is 3. The summed E-state index contributed by atoms with van der Waals surface area (Å²) in [4.78, 5) is 67.1. The normalized spacial score (nSPS) is 20.8. The summed E-state index contributed by atoms with van der Waals surface area (Å²) in [5, 5.41) is 9.76. The SMILES string of the molecule is CN(C)c1ccc(C(=O)N[C@@H]2CCCN(c3cnc(C(N)=O)c(Nc4ccc(C5CCN(C6CCCC6)CC5)cc4)n3)C2)cc1.Cl.NC(=O)c1ncc(N2CCC[C@@H](N)C2)nc1Nc1ccc(C2CCN(C3CCCC3)CC2)cc1. The van der Waals surface area contributed by atoms with Gasteiger partial charge < -0.3 is 57.7 Å². The van der Waals surface area contributed by atoms with Crippen LogP contribution in [0.15, 0.2) is 85.2 Å². The number of rotatable bonds is 15. The third kappa shape index (κ3) is 14.7. The first-order valence-electron chi connectivity index (χ1n) is 29.3. The van der Waals surface area contributed by atoms with Gasteiger partial charge in [0.15, 0.2) is 23.0 Å². The van der Waals surface area contributed by atoms with Gasteiger partial charge in [-0.25, -0.2) is 19.9 Å². The topological polar surface area (TPSA) is 233 Å². The van der Waals surface area contributed by atoms with Gasteiger partial charge in [0.05, 0.1) is 12.4 Å². The highest BCUT2D eigenvalue weighted by molar-refractivity contribution is 5.97. The Morgan fingerprint density at radius 1 is 0.537 bits per heavy atom. The van der Waals surface area contributed by atoms with Crippen LogP contribution in [-0.4, -0.2) is 138 Å². The lowest BCUT2D eigenvalue weighted by Gasteiger charge is -2.36. The Balaban J connectivity index is 0.000000198. The monoisotopic (exact) mass is 1110 g/mol. The molecule has 428 valence electrons. The average molecular weight is 1110 g/mol. The number of nitrogens with one attached hydrogen (secondary N) is 3. The van der Waals surface area contributed by atoms with E-state index in [9.17, 15) is 14.4 Å². The zero-order valence-electron chi connectivity index (χ0n) is 46.9. The first-order chi connectivity index (χ1) is 38.4. The van der Waals surface area contributed by atoms with Crippen molar-refractivity contribution in [2.45, 2.75) is 139 Å². The van der Waals surface area contributed by atoms with Gasteiger partial charge in [-0.05, 0) is 175 Å². The van der Waals surface area contributed by atoms with Crippen molar-refractivity contribution in [3.8, 4) is 0 Å². The Morgan fingerprint density at radius 3 is 1.40 bits per heavy atom. The minimum absolute atomic E-state index is 0. The van der Waals surface area contributed by atoms with E-state index in [1.54, 1.807) is 12.4 Å². The lowest BCUT2D eigenvalue weighted by molar-refractivity contribution is 0.0931. The Labute approximate surface area is 478 Å². The van der Waals surface area contributed by atoms with Gasteiger partial charge in [0, 0.05) is 87.1 Å². The molecule has 2 aromatic heterocycles. The predicted octanol–water partition coefficient (Wildman–Crippen LogP) is 8.70. The van der Waals surface area contributed by atoms with Crippen LogP contribution in [0.25, 0.3) is 0 Å². The summed E-state index contributed by atoms with van der Waals surface area (Å²) in [5.74, 6) is 1.95. The minimum atomic E-state index is -0.633. The number of primary amides is 2. The third-order valence-corrected chi connectivity index (χ3v) is 17.5. The Hall–Kier alpha value is -6.60. The maximum absolute atomic E-state index is 13.0. The highest BCUT2D eigenvalue weighted by Gasteiger charge is 2.30. The van der Waals surface area contributed by atoms with Gasteiger partial charge in [-0.1, -0.05) is 49.9 Å². The fourth-order valence-electron chi connectivity index (χ4n) is 13.0. The van der Waals surface area contributed by atoms with Gasteiger partial charge in [0.2, 0.25) is 0 Å². The van der Waals surface area contributed by atoms with Crippen molar-refractivity contribution in [3.05, 3.63) is 113 Å². The standard InChI is InChI=1S/C35H46N8O2.C26H37N7O.ClH/c1-41(2)29-15-11-26(12-16-29)35(45)39-28-6-5-19-43(23-28)31-22-37-32(33(36)44)34(40-31)38-27-13-9-24(10-14-27)25-17-20-42(21-18-25)30-7-3-4-8-30;27-20-4-3-13-33(17-20)23-16-29-24(25(28)34)26(31-23)30-21-9-7-18(8-10-21)19-11-14-32(15-12-19)22-5-1-2-6-22;/h9-16,22,25,28,30H,3-8,17-21,23H2,1-2H3,(H2,36,44)(H,38,40)(H,39,45);7-10,16,19-20,22H,1-6,11-15,17,27H2,(H2,28,34)(H,30,31);1H/t28-;20-;/m11./s1. The summed E-state index contributed by atoms with van der Waals surface area (Å²) in [5.41, 5.74) is 23.8. The highest BCUT2D eigenvalue weighted by Crippen LogP contribution is 2.36. The molecule has 3 aromatic carbocycles. The molecule has 4 saturated heterocycles. The molecule has 0 spiro atoms. The van der Waals surface area contributed by atoms with Crippen molar-refractivity contribution in [3.63, 3.8) is 0 Å². The first kappa shape index (κ1) is 58.1. The Kier molecular flexibility index (Phi) is 19.8. The largest absolute Gasteiger partial charge is 0.378 e. The van der Waals surface area contributed by atoms with Crippen molar-refractivity contribution in [1.82, 2.24) is 35.1 Å². The van der Waals surface area contributed by atoms with Crippen LogP contribution in [0.2, 0.25) is 0 Å². The van der Waals surface area contributed by atoms with Crippen LogP contribution < -0.4 is 47.9 Å². The molecule has 6 heterocycles. The summed E-state index contributed by atoms with van der Waals surface area (Å²) in [6.45, 7) is 7.78. The quantitative estimate of drug-likeness (QED) is 0.0576. The molecule has 0 unspecified atom stereocenters. The van der Waals surface area contributed by atoms with E-state index in [1.165, 1.54) is 114 Å². The van der Waals surface area contributed by atoms with E-state index in [-0.39, 0.29) is 41.8 Å². The van der Waals surface area contributed by atoms with Gasteiger partial charge in [0.1, 0.15) is 11.6 Å². The number of hydrogen-bond acceptors (Lipinski definition) is 15. The number of halogens is 1. The van der Waals surface area contributed by atoms with E-state index in [2.05, 4.69) is 94.0 Å². The van der Waals surface area contributed by atoms with Crippen LogP contribution in [0.1, 0.15) is 157 Å². The van der Waals surface area contributed by atoms with E-state index in [0.717, 1.165) is 74.5 Å². The molecule has 18 nitrogen and oxygen atoms in total. The van der Waals surface area contributed by atoms with Gasteiger partial charge in [-0.2, -0.15) is 0 Å². The van der Waals surface area contributed by atoms with E-state index < -0.39 is 11.8 Å². The van der Waals surface area contributed by atoms with Crippen LogP contribution in [0, 0.1) is 0 Å². The van der Waals surface area contributed by atoms with E-state index in [1.807, 2.05) is 43.3 Å². The molecule has 6 fully saturated rings. The fourth-order valence-corrected chi connectivity index (χ4v) is 13.0. The Bertz CT molecular complexity index is 2830.